The molecule has 4 heteroatoms. The van der Waals surface area contributed by atoms with Gasteiger partial charge in [-0.25, -0.2) is 0 Å². The topological polar surface area (TPSA) is 54.6 Å². The molecule has 0 radical (unpaired) electrons. The summed E-state index contributed by atoms with van der Waals surface area (Å²) >= 11 is 0. The zero-order valence-electron chi connectivity index (χ0n) is 13.7. The second-order valence-electron chi connectivity index (χ2n) is 5.18. The lowest BCUT2D eigenvalue weighted by atomic mass is 10.0. The van der Waals surface area contributed by atoms with Crippen molar-refractivity contribution < 1.29 is 9.57 Å². The Morgan fingerprint density at radius 3 is 2.70 bits per heavy atom. The Kier molecular flexibility index (Phi) is 5.76. The highest BCUT2D eigenvalue weighted by molar-refractivity contribution is 6.12. The average molecular weight is 308 g/mol. The van der Waals surface area contributed by atoms with E-state index in [-0.39, 0.29) is 5.71 Å². The van der Waals surface area contributed by atoms with Crippen molar-refractivity contribution in [1.82, 2.24) is 0 Å². The summed E-state index contributed by atoms with van der Waals surface area (Å²) in [5.41, 5.74) is 4.11. The van der Waals surface area contributed by atoms with Crippen molar-refractivity contribution in [2.45, 2.75) is 27.4 Å². The number of rotatable bonds is 6. The van der Waals surface area contributed by atoms with Crippen molar-refractivity contribution in [1.29, 1.82) is 5.26 Å². The van der Waals surface area contributed by atoms with Gasteiger partial charge in [-0.2, -0.15) is 5.26 Å². The van der Waals surface area contributed by atoms with Crippen molar-refractivity contribution in [2.75, 3.05) is 6.61 Å². The highest BCUT2D eigenvalue weighted by Crippen LogP contribution is 2.21. The summed E-state index contributed by atoms with van der Waals surface area (Å²) in [7, 11) is 0. The summed E-state index contributed by atoms with van der Waals surface area (Å²) in [4.78, 5) is 5.02. The van der Waals surface area contributed by atoms with Crippen molar-refractivity contribution in [3.8, 4) is 11.8 Å². The minimum atomic E-state index is 0.256. The summed E-state index contributed by atoms with van der Waals surface area (Å²) in [5, 5.41) is 13.2. The summed E-state index contributed by atoms with van der Waals surface area (Å²) in [6.45, 7) is 6.66. The maximum absolute atomic E-state index is 9.29. The average Bonchev–Trinajstić information content (AvgIpc) is 2.57. The third kappa shape index (κ3) is 4.33. The predicted molar refractivity (Wildman–Crippen MR) is 90.5 cm³/mol. The molecule has 0 spiro atoms. The molecule has 0 N–H and O–H groups in total. The number of oxime groups is 1. The Morgan fingerprint density at radius 2 is 1.96 bits per heavy atom. The Labute approximate surface area is 137 Å². The SMILES string of the molecule is CCO/N=C(\C#N)c1ccccc1COc1cc(C)ccc1C. The molecule has 2 rings (SSSR count). The van der Waals surface area contributed by atoms with E-state index in [0.717, 1.165) is 28.0 Å². The van der Waals surface area contributed by atoms with Crippen LogP contribution in [0.25, 0.3) is 0 Å². The van der Waals surface area contributed by atoms with E-state index in [0.29, 0.717) is 13.2 Å². The second-order valence-corrected chi connectivity index (χ2v) is 5.18. The van der Waals surface area contributed by atoms with Gasteiger partial charge in [0.25, 0.3) is 0 Å². The van der Waals surface area contributed by atoms with Crippen molar-refractivity contribution in [3.63, 3.8) is 0 Å². The molecule has 0 unspecified atom stereocenters. The molecular formula is C19H20N2O2. The van der Waals surface area contributed by atoms with Crippen LogP contribution < -0.4 is 4.74 Å². The number of aryl methyl sites for hydroxylation is 2. The maximum Gasteiger partial charge on any atom is 0.187 e. The van der Waals surface area contributed by atoms with E-state index >= 15 is 0 Å². The minimum Gasteiger partial charge on any atom is -0.489 e. The molecule has 118 valence electrons. The van der Waals surface area contributed by atoms with Crippen molar-refractivity contribution in [3.05, 3.63) is 64.7 Å². The number of nitriles is 1. The van der Waals surface area contributed by atoms with E-state index in [1.54, 1.807) is 0 Å². The molecule has 0 aliphatic heterocycles. The molecular weight excluding hydrogens is 288 g/mol. The first-order valence-corrected chi connectivity index (χ1v) is 7.54. The molecule has 0 amide bonds. The van der Waals surface area contributed by atoms with Gasteiger partial charge >= 0.3 is 0 Å². The lowest BCUT2D eigenvalue weighted by Gasteiger charge is -2.12. The molecule has 0 saturated heterocycles. The van der Waals surface area contributed by atoms with Crippen LogP contribution in [-0.4, -0.2) is 12.3 Å². The molecule has 0 bridgehead atoms. The van der Waals surface area contributed by atoms with Gasteiger partial charge in [-0.3, -0.25) is 0 Å². The van der Waals surface area contributed by atoms with E-state index in [9.17, 15) is 5.26 Å². The van der Waals surface area contributed by atoms with Crippen LogP contribution in [0.3, 0.4) is 0 Å². The van der Waals surface area contributed by atoms with Gasteiger partial charge in [-0.1, -0.05) is 41.6 Å². The number of benzene rings is 2. The van der Waals surface area contributed by atoms with Gasteiger partial charge in [-0.15, -0.1) is 0 Å². The summed E-state index contributed by atoms with van der Waals surface area (Å²) in [6.07, 6.45) is 0. The Morgan fingerprint density at radius 1 is 1.17 bits per heavy atom. The van der Waals surface area contributed by atoms with E-state index in [2.05, 4.69) is 17.3 Å². The fourth-order valence-corrected chi connectivity index (χ4v) is 2.15. The first-order valence-electron chi connectivity index (χ1n) is 7.54. The van der Waals surface area contributed by atoms with E-state index in [4.69, 9.17) is 9.57 Å². The summed E-state index contributed by atoms with van der Waals surface area (Å²) < 4.78 is 5.94. The van der Waals surface area contributed by atoms with Gasteiger partial charge in [0.2, 0.25) is 0 Å². The van der Waals surface area contributed by atoms with Gasteiger partial charge in [0, 0.05) is 5.56 Å². The molecule has 0 aliphatic carbocycles. The third-order valence-electron chi connectivity index (χ3n) is 3.39. The number of ether oxygens (including phenoxy) is 1. The molecule has 0 saturated carbocycles. The predicted octanol–water partition coefficient (Wildman–Crippen LogP) is 4.15. The molecule has 2 aromatic rings. The van der Waals surface area contributed by atoms with Crippen molar-refractivity contribution in [2.24, 2.45) is 5.16 Å². The van der Waals surface area contributed by atoms with Crippen LogP contribution >= 0.6 is 0 Å². The van der Waals surface area contributed by atoms with Gasteiger partial charge in [0.05, 0.1) is 0 Å². The lowest BCUT2D eigenvalue weighted by molar-refractivity contribution is 0.159. The zero-order valence-corrected chi connectivity index (χ0v) is 13.7. The lowest BCUT2D eigenvalue weighted by Crippen LogP contribution is -2.07. The molecule has 0 aromatic heterocycles. The molecule has 0 heterocycles. The fraction of sp³-hybridized carbons (Fsp3) is 0.263. The van der Waals surface area contributed by atoms with Gasteiger partial charge in [-0.05, 0) is 43.5 Å². The normalized spacial score (nSPS) is 11.0. The number of hydrogen-bond acceptors (Lipinski definition) is 4. The molecule has 4 nitrogen and oxygen atoms in total. The first-order chi connectivity index (χ1) is 11.2. The van der Waals surface area contributed by atoms with Crippen LogP contribution in [-0.2, 0) is 11.4 Å². The molecule has 23 heavy (non-hydrogen) atoms. The maximum atomic E-state index is 9.29. The minimum absolute atomic E-state index is 0.256. The number of nitrogens with zero attached hydrogens (tertiary/aromatic N) is 2. The molecule has 0 fully saturated rings. The smallest absolute Gasteiger partial charge is 0.187 e. The zero-order chi connectivity index (χ0) is 16.7. The van der Waals surface area contributed by atoms with Crippen LogP contribution in [0.15, 0.2) is 47.6 Å². The van der Waals surface area contributed by atoms with E-state index in [1.807, 2.05) is 57.2 Å². The van der Waals surface area contributed by atoms with Gasteiger partial charge in [0.1, 0.15) is 25.0 Å². The van der Waals surface area contributed by atoms with E-state index < -0.39 is 0 Å². The summed E-state index contributed by atoms with van der Waals surface area (Å²) in [6, 6.07) is 15.8. The van der Waals surface area contributed by atoms with Gasteiger partial charge < -0.3 is 9.57 Å². The molecule has 0 atom stereocenters. The van der Waals surface area contributed by atoms with E-state index in [1.165, 1.54) is 0 Å². The molecule has 2 aromatic carbocycles. The van der Waals surface area contributed by atoms with Crippen molar-refractivity contribution >= 4 is 5.71 Å². The fourth-order valence-electron chi connectivity index (χ4n) is 2.15. The summed E-state index contributed by atoms with van der Waals surface area (Å²) in [5.74, 6) is 0.847. The Balaban J connectivity index is 2.24. The first kappa shape index (κ1) is 16.6. The number of hydrogen-bond donors (Lipinski definition) is 0. The van der Waals surface area contributed by atoms with Crippen LogP contribution in [0.2, 0.25) is 0 Å². The van der Waals surface area contributed by atoms with Gasteiger partial charge in [0.15, 0.2) is 5.71 Å². The van der Waals surface area contributed by atoms with Crippen LogP contribution in [0.1, 0.15) is 29.2 Å². The monoisotopic (exact) mass is 308 g/mol. The Bertz CT molecular complexity index is 745. The highest BCUT2D eigenvalue weighted by atomic mass is 16.6. The highest BCUT2D eigenvalue weighted by Gasteiger charge is 2.10. The molecule has 0 aliphatic rings. The quantitative estimate of drug-likeness (QED) is 0.595. The third-order valence-corrected chi connectivity index (χ3v) is 3.39. The second kappa shape index (κ2) is 8.00. The van der Waals surface area contributed by atoms with Crippen LogP contribution in [0.4, 0.5) is 0 Å². The largest absolute Gasteiger partial charge is 0.489 e. The van der Waals surface area contributed by atoms with Crippen LogP contribution in [0.5, 0.6) is 5.75 Å². The Hall–Kier alpha value is -2.80. The van der Waals surface area contributed by atoms with Crippen LogP contribution in [0, 0.1) is 25.2 Å². The standard InChI is InChI=1S/C19H20N2O2/c1-4-23-21-18(12-20)17-8-6-5-7-16(17)13-22-19-11-14(2)9-10-15(19)3/h5-11H,4,13H2,1-3H3/b21-18+.